The summed E-state index contributed by atoms with van der Waals surface area (Å²) in [5.41, 5.74) is 5.07. The van der Waals surface area contributed by atoms with E-state index >= 15 is 0 Å². The summed E-state index contributed by atoms with van der Waals surface area (Å²) in [7, 11) is 0. The van der Waals surface area contributed by atoms with Crippen LogP contribution < -0.4 is 5.73 Å². The molecule has 0 saturated carbocycles. The Morgan fingerprint density at radius 1 is 0.875 bits per heavy atom. The van der Waals surface area contributed by atoms with Crippen LogP contribution in [0.3, 0.4) is 0 Å². The molecule has 0 aliphatic heterocycles. The molecule has 0 aliphatic carbocycles. The Balaban J connectivity index is 0. The fourth-order valence-corrected chi connectivity index (χ4v) is 0.717. The van der Waals surface area contributed by atoms with Gasteiger partial charge in [0.05, 0.1) is 31.0 Å². The topological polar surface area (TPSA) is 64.7 Å². The molecule has 100 valence electrons. The van der Waals surface area contributed by atoms with Gasteiger partial charge in [0.15, 0.2) is 0 Å². The minimum absolute atomic E-state index is 0.0284. The third kappa shape index (κ3) is 23.6. The first kappa shape index (κ1) is 18.2. The van der Waals surface area contributed by atoms with Crippen molar-refractivity contribution >= 4 is 0 Å². The number of ether oxygens (including phenoxy) is 2. The third-order valence-corrected chi connectivity index (χ3v) is 1.28. The van der Waals surface area contributed by atoms with Crippen LogP contribution in [0.1, 0.15) is 41.5 Å². The Morgan fingerprint density at radius 3 is 1.38 bits per heavy atom. The molecule has 0 atom stereocenters. The highest BCUT2D eigenvalue weighted by Crippen LogP contribution is 2.05. The summed E-state index contributed by atoms with van der Waals surface area (Å²) >= 11 is 0. The lowest BCUT2D eigenvalue weighted by Gasteiger charge is -2.18. The van der Waals surface area contributed by atoms with Crippen molar-refractivity contribution in [2.45, 2.75) is 52.7 Å². The van der Waals surface area contributed by atoms with Gasteiger partial charge in [-0.3, -0.25) is 0 Å². The van der Waals surface area contributed by atoms with Gasteiger partial charge in [0, 0.05) is 6.54 Å². The standard InChI is InChI=1S/C6H15NO.C6H14O2/c2*1-6(2,3)8-5-4-7/h4-5,7H2,1-3H3;7H,4-5H2,1-3H3. The summed E-state index contributed by atoms with van der Waals surface area (Å²) in [5.74, 6) is 0. The van der Waals surface area contributed by atoms with Crippen LogP contribution in [0.2, 0.25) is 0 Å². The van der Waals surface area contributed by atoms with Crippen molar-refractivity contribution in [1.29, 1.82) is 0 Å². The zero-order chi connectivity index (χ0) is 13.2. The monoisotopic (exact) mass is 235 g/mol. The molecule has 3 N–H and O–H groups in total. The normalized spacial score (nSPS) is 12.0. The molecule has 0 fully saturated rings. The van der Waals surface area contributed by atoms with E-state index < -0.39 is 0 Å². The SMILES string of the molecule is CC(C)(C)OCCN.CC(C)(C)OCCO. The van der Waals surface area contributed by atoms with Crippen molar-refractivity contribution in [2.75, 3.05) is 26.4 Å². The Kier molecular flexibility index (Phi) is 10.2. The average molecular weight is 235 g/mol. The molecule has 4 nitrogen and oxygen atoms in total. The molecule has 0 rings (SSSR count). The predicted octanol–water partition coefficient (Wildman–Crippen LogP) is 1.55. The summed E-state index contributed by atoms with van der Waals surface area (Å²) in [6.45, 7) is 13.7. The van der Waals surface area contributed by atoms with Gasteiger partial charge in [-0.1, -0.05) is 0 Å². The minimum Gasteiger partial charge on any atom is -0.394 e. The van der Waals surface area contributed by atoms with Crippen molar-refractivity contribution in [3.63, 3.8) is 0 Å². The lowest BCUT2D eigenvalue weighted by atomic mass is 10.2. The van der Waals surface area contributed by atoms with Crippen LogP contribution in [0.25, 0.3) is 0 Å². The van der Waals surface area contributed by atoms with E-state index in [0.29, 0.717) is 19.8 Å². The Hall–Kier alpha value is -0.160. The second kappa shape index (κ2) is 8.93. The molecule has 0 amide bonds. The molecule has 0 aromatic rings. The average Bonchev–Trinajstić information content (AvgIpc) is 2.10. The lowest BCUT2D eigenvalue weighted by Crippen LogP contribution is -2.23. The van der Waals surface area contributed by atoms with Crippen LogP contribution in [0.4, 0.5) is 0 Å². The van der Waals surface area contributed by atoms with Gasteiger partial charge in [0.2, 0.25) is 0 Å². The molecule has 0 saturated heterocycles. The van der Waals surface area contributed by atoms with Gasteiger partial charge in [-0.15, -0.1) is 0 Å². The maximum absolute atomic E-state index is 8.30. The smallest absolute Gasteiger partial charge is 0.0704 e. The quantitative estimate of drug-likeness (QED) is 0.776. The second-order valence-electron chi connectivity index (χ2n) is 5.43. The Morgan fingerprint density at radius 2 is 1.25 bits per heavy atom. The summed E-state index contributed by atoms with van der Waals surface area (Å²) in [5, 5.41) is 8.30. The molecule has 0 radical (unpaired) electrons. The maximum Gasteiger partial charge on any atom is 0.0704 e. The van der Waals surface area contributed by atoms with Gasteiger partial charge in [0.1, 0.15) is 0 Å². The van der Waals surface area contributed by atoms with Gasteiger partial charge in [-0.05, 0) is 41.5 Å². The molecular weight excluding hydrogens is 206 g/mol. The highest BCUT2D eigenvalue weighted by Gasteiger charge is 2.08. The number of hydrogen-bond donors (Lipinski definition) is 2. The summed E-state index contributed by atoms with van der Waals surface area (Å²) in [6, 6.07) is 0. The second-order valence-corrected chi connectivity index (χ2v) is 5.43. The van der Waals surface area contributed by atoms with Gasteiger partial charge in [-0.2, -0.15) is 0 Å². The van der Waals surface area contributed by atoms with E-state index in [0.717, 1.165) is 0 Å². The number of hydrogen-bond acceptors (Lipinski definition) is 4. The fourth-order valence-electron chi connectivity index (χ4n) is 0.717. The van der Waals surface area contributed by atoms with Crippen molar-refractivity contribution in [3.8, 4) is 0 Å². The van der Waals surface area contributed by atoms with Crippen molar-refractivity contribution < 1.29 is 14.6 Å². The Labute approximate surface area is 100 Å². The minimum atomic E-state index is -0.108. The van der Waals surface area contributed by atoms with E-state index in [-0.39, 0.29) is 17.8 Å². The maximum atomic E-state index is 8.30. The largest absolute Gasteiger partial charge is 0.394 e. The van der Waals surface area contributed by atoms with Crippen molar-refractivity contribution in [3.05, 3.63) is 0 Å². The zero-order valence-electron chi connectivity index (χ0n) is 11.7. The third-order valence-electron chi connectivity index (χ3n) is 1.28. The molecule has 0 aromatic heterocycles. The van der Waals surface area contributed by atoms with Crippen LogP contribution in [-0.2, 0) is 9.47 Å². The van der Waals surface area contributed by atoms with Crippen LogP contribution >= 0.6 is 0 Å². The molecule has 0 heterocycles. The molecule has 0 bridgehead atoms. The highest BCUT2D eigenvalue weighted by molar-refractivity contribution is 4.58. The molecular formula is C12H29NO3. The predicted molar refractivity (Wildman–Crippen MR) is 67.6 cm³/mol. The van der Waals surface area contributed by atoms with E-state index in [1.165, 1.54) is 0 Å². The molecule has 0 unspecified atom stereocenters. The number of aliphatic hydroxyl groups excluding tert-OH is 1. The van der Waals surface area contributed by atoms with Crippen LogP contribution in [0.15, 0.2) is 0 Å². The van der Waals surface area contributed by atoms with Gasteiger partial charge < -0.3 is 20.3 Å². The fraction of sp³-hybridized carbons (Fsp3) is 1.00. The number of nitrogens with two attached hydrogens (primary N) is 1. The van der Waals surface area contributed by atoms with E-state index in [1.807, 2.05) is 41.5 Å². The van der Waals surface area contributed by atoms with Crippen LogP contribution in [0.5, 0.6) is 0 Å². The van der Waals surface area contributed by atoms with Gasteiger partial charge >= 0.3 is 0 Å². The summed E-state index contributed by atoms with van der Waals surface area (Å²) in [4.78, 5) is 0. The number of rotatable bonds is 4. The highest BCUT2D eigenvalue weighted by atomic mass is 16.5. The number of aliphatic hydroxyl groups is 1. The molecule has 4 heteroatoms. The van der Waals surface area contributed by atoms with Crippen molar-refractivity contribution in [2.24, 2.45) is 5.73 Å². The lowest BCUT2D eigenvalue weighted by molar-refractivity contribution is -0.0199. The molecule has 0 spiro atoms. The van der Waals surface area contributed by atoms with Gasteiger partial charge in [0.25, 0.3) is 0 Å². The van der Waals surface area contributed by atoms with Gasteiger partial charge in [-0.25, -0.2) is 0 Å². The Bertz CT molecular complexity index is 129. The van der Waals surface area contributed by atoms with Crippen LogP contribution in [0, 0.1) is 0 Å². The first-order chi connectivity index (χ1) is 7.12. The summed E-state index contributed by atoms with van der Waals surface area (Å²) in [6.07, 6.45) is 0. The zero-order valence-corrected chi connectivity index (χ0v) is 11.7. The van der Waals surface area contributed by atoms with Crippen LogP contribution in [-0.4, -0.2) is 42.7 Å². The molecule has 0 aliphatic rings. The van der Waals surface area contributed by atoms with E-state index in [9.17, 15) is 0 Å². The van der Waals surface area contributed by atoms with E-state index in [1.54, 1.807) is 0 Å². The van der Waals surface area contributed by atoms with E-state index in [2.05, 4.69) is 0 Å². The first-order valence-corrected chi connectivity index (χ1v) is 5.71. The first-order valence-electron chi connectivity index (χ1n) is 5.71. The van der Waals surface area contributed by atoms with Crippen molar-refractivity contribution in [1.82, 2.24) is 0 Å². The molecule has 0 aromatic carbocycles. The molecule has 16 heavy (non-hydrogen) atoms. The van der Waals surface area contributed by atoms with E-state index in [4.69, 9.17) is 20.3 Å². The summed E-state index contributed by atoms with van der Waals surface area (Å²) < 4.78 is 10.4.